The van der Waals surface area contributed by atoms with Crippen LogP contribution in [-0.2, 0) is 10.0 Å². The third kappa shape index (κ3) is 3.33. The van der Waals surface area contributed by atoms with Gasteiger partial charge in [-0.15, -0.1) is 11.3 Å². The second kappa shape index (κ2) is 6.35. The molecule has 5 nitrogen and oxygen atoms in total. The standard InChI is InChI=1S/C17H16N2O3S2/c1-11(14-8-4-6-12-5-2-3-7-15(12)14)19-17(20)13-9-16(23-10-13)24(18,21)22/h2-11H,1H3,(H,19,20)(H2,18,21,22)/t11-/m0/s1. The molecular formula is C17H16N2O3S2. The summed E-state index contributed by atoms with van der Waals surface area (Å²) in [5.41, 5.74) is 1.29. The van der Waals surface area contributed by atoms with Gasteiger partial charge in [0.05, 0.1) is 11.6 Å². The topological polar surface area (TPSA) is 89.3 Å². The zero-order valence-corrected chi connectivity index (χ0v) is 14.5. The average molecular weight is 360 g/mol. The summed E-state index contributed by atoms with van der Waals surface area (Å²) in [6, 6.07) is 15.0. The van der Waals surface area contributed by atoms with Crippen LogP contribution in [0, 0.1) is 0 Å². The van der Waals surface area contributed by atoms with Crippen molar-refractivity contribution < 1.29 is 13.2 Å². The van der Waals surface area contributed by atoms with E-state index in [0.717, 1.165) is 27.7 Å². The molecule has 7 heteroatoms. The molecule has 3 N–H and O–H groups in total. The van der Waals surface area contributed by atoms with Crippen LogP contribution in [0.4, 0.5) is 0 Å². The highest BCUT2D eigenvalue weighted by Gasteiger charge is 2.18. The van der Waals surface area contributed by atoms with Crippen molar-refractivity contribution in [1.29, 1.82) is 0 Å². The molecule has 0 unspecified atom stereocenters. The number of thiophene rings is 1. The highest BCUT2D eigenvalue weighted by Crippen LogP contribution is 2.25. The first-order valence-corrected chi connectivity index (χ1v) is 9.69. The Labute approximate surface area is 144 Å². The summed E-state index contributed by atoms with van der Waals surface area (Å²) in [5.74, 6) is -0.332. The number of primary sulfonamides is 1. The number of carbonyl (C=O) groups excluding carboxylic acids is 1. The van der Waals surface area contributed by atoms with Gasteiger partial charge in [-0.05, 0) is 29.3 Å². The molecule has 3 rings (SSSR count). The Morgan fingerprint density at radius 1 is 1.17 bits per heavy atom. The first-order valence-electron chi connectivity index (χ1n) is 7.26. The molecule has 124 valence electrons. The molecule has 1 amide bonds. The van der Waals surface area contributed by atoms with Crippen LogP contribution < -0.4 is 10.5 Å². The van der Waals surface area contributed by atoms with Gasteiger partial charge in [-0.2, -0.15) is 0 Å². The summed E-state index contributed by atoms with van der Waals surface area (Å²) in [4.78, 5) is 12.4. The number of nitrogens with two attached hydrogens (primary N) is 1. The predicted molar refractivity (Wildman–Crippen MR) is 95.5 cm³/mol. The lowest BCUT2D eigenvalue weighted by Crippen LogP contribution is -2.26. The SMILES string of the molecule is C[C@H](NC(=O)c1csc(S(N)(=O)=O)c1)c1cccc2ccccc12. The molecule has 1 atom stereocenters. The molecule has 1 aromatic heterocycles. The van der Waals surface area contributed by atoms with E-state index in [1.165, 1.54) is 11.4 Å². The Morgan fingerprint density at radius 2 is 1.88 bits per heavy atom. The molecule has 0 spiro atoms. The highest BCUT2D eigenvalue weighted by molar-refractivity contribution is 7.91. The molecule has 0 aliphatic heterocycles. The van der Waals surface area contributed by atoms with E-state index in [4.69, 9.17) is 5.14 Å². The van der Waals surface area contributed by atoms with Crippen molar-refractivity contribution in [3.63, 3.8) is 0 Å². The Kier molecular flexibility index (Phi) is 4.40. The van der Waals surface area contributed by atoms with E-state index in [1.54, 1.807) is 0 Å². The monoisotopic (exact) mass is 360 g/mol. The minimum atomic E-state index is -3.79. The number of sulfonamides is 1. The quantitative estimate of drug-likeness (QED) is 0.749. The third-order valence-corrected chi connectivity index (χ3v) is 6.14. The Bertz CT molecular complexity index is 1000. The molecule has 0 saturated heterocycles. The zero-order chi connectivity index (χ0) is 17.3. The van der Waals surface area contributed by atoms with E-state index in [0.29, 0.717) is 0 Å². The van der Waals surface area contributed by atoms with Crippen LogP contribution in [-0.4, -0.2) is 14.3 Å². The molecule has 0 aliphatic rings. The fourth-order valence-corrected chi connectivity index (χ4v) is 4.16. The van der Waals surface area contributed by atoms with Gasteiger partial charge in [0.15, 0.2) is 0 Å². The largest absolute Gasteiger partial charge is 0.345 e. The lowest BCUT2D eigenvalue weighted by Gasteiger charge is -2.16. The Balaban J connectivity index is 1.85. The second-order valence-corrected chi connectivity index (χ2v) is 8.16. The first kappa shape index (κ1) is 16.6. The van der Waals surface area contributed by atoms with Crippen molar-refractivity contribution in [3.05, 3.63) is 65.0 Å². The molecule has 0 bridgehead atoms. The van der Waals surface area contributed by atoms with Gasteiger partial charge in [0.1, 0.15) is 4.21 Å². The van der Waals surface area contributed by atoms with E-state index < -0.39 is 10.0 Å². The summed E-state index contributed by atoms with van der Waals surface area (Å²) < 4.78 is 22.6. The van der Waals surface area contributed by atoms with Crippen molar-refractivity contribution in [2.45, 2.75) is 17.2 Å². The normalized spacial score (nSPS) is 12.9. The van der Waals surface area contributed by atoms with Gasteiger partial charge in [0, 0.05) is 5.38 Å². The van der Waals surface area contributed by atoms with Gasteiger partial charge in [-0.3, -0.25) is 4.79 Å². The first-order chi connectivity index (χ1) is 11.4. The number of rotatable bonds is 4. The van der Waals surface area contributed by atoms with Crippen molar-refractivity contribution >= 4 is 38.0 Å². The van der Waals surface area contributed by atoms with Crippen molar-refractivity contribution in [1.82, 2.24) is 5.32 Å². The van der Waals surface area contributed by atoms with Crippen LogP contribution in [0.3, 0.4) is 0 Å². The molecule has 0 radical (unpaired) electrons. The maximum atomic E-state index is 12.4. The molecule has 3 aromatic rings. The van der Waals surface area contributed by atoms with Crippen molar-refractivity contribution in [2.75, 3.05) is 0 Å². The number of fused-ring (bicyclic) bond motifs is 1. The second-order valence-electron chi connectivity index (χ2n) is 5.46. The summed E-state index contributed by atoms with van der Waals surface area (Å²) >= 11 is 0.936. The van der Waals surface area contributed by atoms with Crippen LogP contribution >= 0.6 is 11.3 Å². The van der Waals surface area contributed by atoms with Crippen LogP contribution in [0.25, 0.3) is 10.8 Å². The summed E-state index contributed by atoms with van der Waals surface area (Å²) in [6.45, 7) is 1.90. The average Bonchev–Trinajstić information content (AvgIpc) is 3.04. The highest BCUT2D eigenvalue weighted by atomic mass is 32.2. The van der Waals surface area contributed by atoms with Gasteiger partial charge in [0.25, 0.3) is 5.91 Å². The minimum Gasteiger partial charge on any atom is -0.345 e. The van der Waals surface area contributed by atoms with Gasteiger partial charge in [-0.25, -0.2) is 13.6 Å². The number of benzene rings is 2. The number of nitrogens with one attached hydrogen (secondary N) is 1. The maximum absolute atomic E-state index is 12.4. The van der Waals surface area contributed by atoms with Crippen molar-refractivity contribution in [2.24, 2.45) is 5.14 Å². The predicted octanol–water partition coefficient (Wildman–Crippen LogP) is 3.04. The van der Waals surface area contributed by atoms with E-state index in [2.05, 4.69) is 5.32 Å². The summed E-state index contributed by atoms with van der Waals surface area (Å²) in [7, 11) is -3.79. The molecule has 0 saturated carbocycles. The molecular weight excluding hydrogens is 344 g/mol. The van der Waals surface area contributed by atoms with Crippen molar-refractivity contribution in [3.8, 4) is 0 Å². The lowest BCUT2D eigenvalue weighted by atomic mass is 9.99. The van der Waals surface area contributed by atoms with Gasteiger partial charge >= 0.3 is 0 Å². The zero-order valence-electron chi connectivity index (χ0n) is 12.9. The molecule has 24 heavy (non-hydrogen) atoms. The molecule has 2 aromatic carbocycles. The van der Waals surface area contributed by atoms with Crippen LogP contribution in [0.5, 0.6) is 0 Å². The lowest BCUT2D eigenvalue weighted by molar-refractivity contribution is 0.0940. The number of carbonyl (C=O) groups is 1. The van der Waals surface area contributed by atoms with Gasteiger partial charge in [-0.1, -0.05) is 42.5 Å². The Hall–Kier alpha value is -2.22. The van der Waals surface area contributed by atoms with Gasteiger partial charge in [0.2, 0.25) is 10.0 Å². The van der Waals surface area contributed by atoms with Crippen LogP contribution in [0.15, 0.2) is 58.1 Å². The summed E-state index contributed by atoms with van der Waals surface area (Å²) in [6.07, 6.45) is 0. The number of hydrogen-bond acceptors (Lipinski definition) is 4. The van der Waals surface area contributed by atoms with E-state index in [1.807, 2.05) is 49.4 Å². The van der Waals surface area contributed by atoms with E-state index >= 15 is 0 Å². The fourth-order valence-electron chi connectivity index (χ4n) is 2.57. The number of hydrogen-bond donors (Lipinski definition) is 2. The smallest absolute Gasteiger partial charge is 0.252 e. The Morgan fingerprint density at radius 3 is 2.58 bits per heavy atom. The van der Waals surface area contributed by atoms with Crippen LogP contribution in [0.2, 0.25) is 0 Å². The molecule has 0 aliphatic carbocycles. The molecule has 1 heterocycles. The molecule has 0 fully saturated rings. The van der Waals surface area contributed by atoms with E-state index in [-0.39, 0.29) is 21.7 Å². The summed E-state index contributed by atoms with van der Waals surface area (Å²) in [5, 5.41) is 11.6. The maximum Gasteiger partial charge on any atom is 0.252 e. The third-order valence-electron chi connectivity index (χ3n) is 3.76. The van der Waals surface area contributed by atoms with Crippen LogP contribution in [0.1, 0.15) is 28.9 Å². The fraction of sp³-hybridized carbons (Fsp3) is 0.118. The number of amides is 1. The van der Waals surface area contributed by atoms with Gasteiger partial charge < -0.3 is 5.32 Å². The minimum absolute atomic E-state index is 0.0227. The van der Waals surface area contributed by atoms with E-state index in [9.17, 15) is 13.2 Å².